The predicted molar refractivity (Wildman–Crippen MR) is 266 cm³/mol. The van der Waals surface area contributed by atoms with Crippen LogP contribution in [-0.2, 0) is 38.0 Å². The van der Waals surface area contributed by atoms with Crippen LogP contribution in [0.25, 0.3) is 0 Å². The molecule has 0 aromatic heterocycles. The lowest BCUT2D eigenvalue weighted by Crippen LogP contribution is -2.61. The van der Waals surface area contributed by atoms with Gasteiger partial charge in [-0.2, -0.15) is 0 Å². The first-order chi connectivity index (χ1) is 33.5. The van der Waals surface area contributed by atoms with Gasteiger partial charge in [0.05, 0.1) is 19.8 Å². The summed E-state index contributed by atoms with van der Waals surface area (Å²) < 4.78 is 33.7. The van der Waals surface area contributed by atoms with Crippen LogP contribution in [0.5, 0.6) is 0 Å². The molecule has 0 amide bonds. The smallest absolute Gasteiger partial charge is 0.306 e. The van der Waals surface area contributed by atoms with Crippen LogP contribution in [0.15, 0.2) is 12.2 Å². The van der Waals surface area contributed by atoms with Crippen molar-refractivity contribution in [2.45, 2.75) is 293 Å². The van der Waals surface area contributed by atoms with E-state index in [1.807, 2.05) is 0 Å². The summed E-state index contributed by atoms with van der Waals surface area (Å²) in [7, 11) is 0. The molecule has 69 heavy (non-hydrogen) atoms. The summed E-state index contributed by atoms with van der Waals surface area (Å²) in [4.78, 5) is 25.8. The number of aliphatic hydroxyl groups excluding tert-OH is 7. The van der Waals surface area contributed by atoms with Gasteiger partial charge in [0.1, 0.15) is 55.4 Å². The molecule has 0 aromatic carbocycles. The summed E-state index contributed by atoms with van der Waals surface area (Å²) in [6, 6.07) is 0. The Morgan fingerprint density at radius 3 is 1.32 bits per heavy atom. The molecule has 2 saturated heterocycles. The minimum Gasteiger partial charge on any atom is -0.462 e. The summed E-state index contributed by atoms with van der Waals surface area (Å²) in [5, 5.41) is 72.2. The average molecular weight is 989 g/mol. The fourth-order valence-corrected chi connectivity index (χ4v) is 8.91. The normalized spacial score (nSPS) is 25.6. The van der Waals surface area contributed by atoms with Gasteiger partial charge < -0.3 is 64.2 Å². The molecular weight excluding hydrogens is 889 g/mol. The second-order valence-electron chi connectivity index (χ2n) is 19.8. The number of unbranched alkanes of at least 4 members (excludes halogenated alkanes) is 28. The van der Waals surface area contributed by atoms with E-state index in [0.29, 0.717) is 12.8 Å². The Bertz CT molecular complexity index is 1250. The second-order valence-corrected chi connectivity index (χ2v) is 19.8. The largest absolute Gasteiger partial charge is 0.462 e. The number of aliphatic hydroxyl groups is 7. The highest BCUT2D eigenvalue weighted by molar-refractivity contribution is 5.70. The van der Waals surface area contributed by atoms with Crippen molar-refractivity contribution in [3.8, 4) is 0 Å². The molecule has 0 aliphatic carbocycles. The molecule has 0 aromatic rings. The number of rotatable bonds is 44. The first kappa shape index (κ1) is 63.4. The fourth-order valence-electron chi connectivity index (χ4n) is 8.91. The predicted octanol–water partition coefficient (Wildman–Crippen LogP) is 8.55. The number of hydrogen-bond acceptors (Lipinski definition) is 15. The van der Waals surface area contributed by atoms with Crippen molar-refractivity contribution in [2.75, 3.05) is 26.4 Å². The van der Waals surface area contributed by atoms with Gasteiger partial charge in [-0.05, 0) is 32.1 Å². The highest BCUT2D eigenvalue weighted by Gasteiger charge is 2.47. The summed E-state index contributed by atoms with van der Waals surface area (Å²) >= 11 is 0. The maximum Gasteiger partial charge on any atom is 0.306 e. The lowest BCUT2D eigenvalue weighted by molar-refractivity contribution is -0.332. The van der Waals surface area contributed by atoms with Gasteiger partial charge in [0.2, 0.25) is 0 Å². The van der Waals surface area contributed by atoms with Gasteiger partial charge in [-0.15, -0.1) is 0 Å². The first-order valence-corrected chi connectivity index (χ1v) is 27.8. The standard InChI is InChI=1S/C54H100O15/c1-3-5-7-9-11-13-15-17-19-20-21-23-24-26-28-30-32-34-36-45(56)64-39-42(67-46(57)37-35-33-31-29-27-25-22-18-16-14-12-10-8-6-4-2)40-65-53-52(63)50(61)48(59)44(69-53)41-66-54-51(62)49(60)47(58)43(38-55)68-54/h10,12,42-44,47-55,58-63H,3-9,11,13-41H2,1-2H3/b12-10+/t42-,43+,44+,47-,48-,49?,50?,51?,52?,53+,54+/m0/s1. The number of ether oxygens (including phenoxy) is 6. The third-order valence-corrected chi connectivity index (χ3v) is 13.5. The number of carbonyl (C=O) groups is 2. The molecule has 15 heteroatoms. The quantitative estimate of drug-likeness (QED) is 0.0172. The van der Waals surface area contributed by atoms with E-state index in [9.17, 15) is 45.3 Å². The van der Waals surface area contributed by atoms with E-state index in [4.69, 9.17) is 28.4 Å². The van der Waals surface area contributed by atoms with Gasteiger partial charge in [0, 0.05) is 12.8 Å². The molecule has 4 unspecified atom stereocenters. The van der Waals surface area contributed by atoms with Gasteiger partial charge in [-0.1, -0.05) is 193 Å². The first-order valence-electron chi connectivity index (χ1n) is 27.8. The van der Waals surface area contributed by atoms with Crippen molar-refractivity contribution in [1.82, 2.24) is 0 Å². The minimum absolute atomic E-state index is 0.167. The molecule has 7 N–H and O–H groups in total. The van der Waals surface area contributed by atoms with Gasteiger partial charge in [0.15, 0.2) is 18.7 Å². The Hall–Kier alpha value is -1.76. The number of esters is 2. The van der Waals surface area contributed by atoms with Crippen LogP contribution in [0.4, 0.5) is 0 Å². The van der Waals surface area contributed by atoms with Crippen molar-refractivity contribution in [2.24, 2.45) is 0 Å². The lowest BCUT2D eigenvalue weighted by Gasteiger charge is -2.42. The van der Waals surface area contributed by atoms with Crippen molar-refractivity contribution < 1.29 is 73.8 Å². The number of hydrogen-bond donors (Lipinski definition) is 7. The van der Waals surface area contributed by atoms with E-state index in [1.54, 1.807) is 0 Å². The van der Waals surface area contributed by atoms with Crippen molar-refractivity contribution >= 4 is 11.9 Å². The molecule has 2 aliphatic rings. The Kier molecular flexibility index (Phi) is 38.3. The van der Waals surface area contributed by atoms with E-state index in [-0.39, 0.29) is 26.1 Å². The number of allylic oxidation sites excluding steroid dienone is 2. The highest BCUT2D eigenvalue weighted by atomic mass is 16.7. The molecule has 0 bridgehead atoms. The lowest BCUT2D eigenvalue weighted by atomic mass is 9.98. The maximum atomic E-state index is 13.0. The molecule has 15 nitrogen and oxygen atoms in total. The Balaban J connectivity index is 1.76. The zero-order valence-electron chi connectivity index (χ0n) is 43.1. The Morgan fingerprint density at radius 2 is 0.841 bits per heavy atom. The van der Waals surface area contributed by atoms with E-state index in [0.717, 1.165) is 44.9 Å². The highest BCUT2D eigenvalue weighted by Crippen LogP contribution is 2.27. The maximum absolute atomic E-state index is 13.0. The summed E-state index contributed by atoms with van der Waals surface area (Å²) in [6.07, 6.45) is 25.2. The Labute approximate surface area is 416 Å². The van der Waals surface area contributed by atoms with Gasteiger partial charge in [0.25, 0.3) is 0 Å². The molecule has 2 aliphatic heterocycles. The molecule has 0 radical (unpaired) electrons. The van der Waals surface area contributed by atoms with Crippen molar-refractivity contribution in [3.05, 3.63) is 12.2 Å². The minimum atomic E-state index is -1.76. The van der Waals surface area contributed by atoms with Crippen LogP contribution in [-0.4, -0.2) is 142 Å². The molecule has 0 spiro atoms. The Morgan fingerprint density at radius 1 is 0.449 bits per heavy atom. The van der Waals surface area contributed by atoms with E-state index >= 15 is 0 Å². The van der Waals surface area contributed by atoms with Crippen LogP contribution in [0.2, 0.25) is 0 Å². The van der Waals surface area contributed by atoms with Crippen molar-refractivity contribution in [1.29, 1.82) is 0 Å². The van der Waals surface area contributed by atoms with E-state index in [1.165, 1.54) is 141 Å². The zero-order valence-corrected chi connectivity index (χ0v) is 43.1. The topological polar surface area (TPSA) is 231 Å². The SMILES string of the molecule is CCCC/C=C/CCCCCCCCCCCC(=O)O[C@@H](COC(=O)CCCCCCCCCCCCCCCCCCCC)CO[C@@H]1O[C@H](CO[C@@H]2O[C@H](CO)[C@H](O)C(O)C2O)[C@H](O)C(O)C1O. The van der Waals surface area contributed by atoms with Gasteiger partial charge in [-0.25, -0.2) is 0 Å². The molecule has 0 saturated carbocycles. The van der Waals surface area contributed by atoms with Gasteiger partial charge in [-0.3, -0.25) is 9.59 Å². The monoisotopic (exact) mass is 989 g/mol. The average Bonchev–Trinajstić information content (AvgIpc) is 3.34. The van der Waals surface area contributed by atoms with Crippen LogP contribution < -0.4 is 0 Å². The number of carbonyl (C=O) groups excluding carboxylic acids is 2. The molecular formula is C54H100O15. The summed E-state index contributed by atoms with van der Waals surface area (Å²) in [6.45, 7) is 2.60. The molecule has 406 valence electrons. The van der Waals surface area contributed by atoms with Crippen LogP contribution in [0, 0.1) is 0 Å². The van der Waals surface area contributed by atoms with E-state index < -0.39 is 92.7 Å². The van der Waals surface area contributed by atoms with Crippen LogP contribution in [0.3, 0.4) is 0 Å². The van der Waals surface area contributed by atoms with E-state index in [2.05, 4.69) is 26.0 Å². The molecule has 2 rings (SSSR count). The molecule has 11 atom stereocenters. The fraction of sp³-hybridized carbons (Fsp3) is 0.926. The van der Waals surface area contributed by atoms with Crippen LogP contribution in [0.1, 0.15) is 226 Å². The van der Waals surface area contributed by atoms with Gasteiger partial charge >= 0.3 is 11.9 Å². The van der Waals surface area contributed by atoms with Crippen molar-refractivity contribution in [3.63, 3.8) is 0 Å². The third-order valence-electron chi connectivity index (χ3n) is 13.5. The molecule has 2 heterocycles. The summed E-state index contributed by atoms with van der Waals surface area (Å²) in [5.41, 5.74) is 0. The van der Waals surface area contributed by atoms with Crippen LogP contribution >= 0.6 is 0 Å². The second kappa shape index (κ2) is 41.7. The zero-order chi connectivity index (χ0) is 50.3. The molecule has 2 fully saturated rings. The summed E-state index contributed by atoms with van der Waals surface area (Å²) in [5.74, 6) is -0.914. The third kappa shape index (κ3) is 29.5.